The van der Waals surface area contributed by atoms with E-state index < -0.39 is 11.7 Å². The molecule has 2 saturated heterocycles. The average molecular weight is 685 g/mol. The van der Waals surface area contributed by atoms with Gasteiger partial charge in [0.05, 0.1) is 6.04 Å². The van der Waals surface area contributed by atoms with E-state index in [-0.39, 0.29) is 30.9 Å². The summed E-state index contributed by atoms with van der Waals surface area (Å²) in [7, 11) is 0. The van der Waals surface area contributed by atoms with Crippen molar-refractivity contribution in [2.45, 2.75) is 84.5 Å². The summed E-state index contributed by atoms with van der Waals surface area (Å²) in [6.45, 7) is 10.8. The van der Waals surface area contributed by atoms with Gasteiger partial charge in [0.15, 0.2) is 0 Å². The lowest BCUT2D eigenvalue weighted by Crippen LogP contribution is -2.45. The van der Waals surface area contributed by atoms with Gasteiger partial charge in [-0.05, 0) is 93.8 Å². The number of anilines is 1. The number of hydrogen-bond donors (Lipinski definition) is 1. The van der Waals surface area contributed by atoms with Crippen LogP contribution in [0, 0.1) is 6.92 Å². The second-order valence-corrected chi connectivity index (χ2v) is 14.6. The number of likely N-dealkylation sites (tertiary alicyclic amines) is 1. The fraction of sp³-hybridized carbons (Fsp3) is 0.425. The van der Waals surface area contributed by atoms with Crippen LogP contribution in [0.25, 0.3) is 0 Å². The fourth-order valence-electron chi connectivity index (χ4n) is 6.47. The van der Waals surface area contributed by atoms with E-state index in [1.165, 1.54) is 21.7 Å². The number of para-hydroxylation sites is 1. The third-order valence-electron chi connectivity index (χ3n) is 9.03. The number of halogens is 1. The van der Waals surface area contributed by atoms with E-state index in [0.717, 1.165) is 55.6 Å². The third kappa shape index (κ3) is 10.6. The van der Waals surface area contributed by atoms with Crippen LogP contribution in [-0.2, 0) is 33.8 Å². The average Bonchev–Trinajstić information content (AvgIpc) is 3.46. The van der Waals surface area contributed by atoms with Gasteiger partial charge in [-0.2, -0.15) is 0 Å². The summed E-state index contributed by atoms with van der Waals surface area (Å²) in [5.74, 6) is -0.0186. The molecule has 3 aromatic carbocycles. The number of hydrogen-bond acceptors (Lipinski definition) is 5. The molecule has 0 spiro atoms. The minimum Gasteiger partial charge on any atom is -0.444 e. The number of nitrogens with one attached hydrogen (secondary N) is 1. The molecule has 5 rings (SSSR count). The van der Waals surface area contributed by atoms with Crippen LogP contribution in [0.3, 0.4) is 0 Å². The molecule has 0 bridgehead atoms. The maximum absolute atomic E-state index is 13.7. The molecule has 2 heterocycles. The standard InChI is InChI=1S/C40H49ClN4O4/c1-29-10-5-6-11-32(29)26-45(39(48)49-40(2,3)4)28-37(46)42-35(24-30-15-17-34(41)18-16-30)25-31-19-22-43(23-20-31)36-13-8-7-12-33(36)27-44-21-9-14-38(44)47/h5-8,10-13,15-18,25,35H,9,14,19-24,26-28H2,1-4H3,(H,42,46)/t35-/m0/s1. The smallest absolute Gasteiger partial charge is 0.411 e. The Balaban J connectivity index is 1.29. The molecule has 0 aromatic heterocycles. The molecule has 0 unspecified atom stereocenters. The lowest BCUT2D eigenvalue weighted by atomic mass is 9.97. The van der Waals surface area contributed by atoms with Crippen LogP contribution in [-0.4, -0.2) is 65.5 Å². The lowest BCUT2D eigenvalue weighted by molar-refractivity contribution is -0.128. The second kappa shape index (κ2) is 16.4. The molecule has 2 aliphatic heterocycles. The number of ether oxygens (including phenoxy) is 1. The molecule has 3 aromatic rings. The number of piperidine rings is 1. The van der Waals surface area contributed by atoms with Crippen LogP contribution in [0.15, 0.2) is 84.4 Å². The molecular formula is C40H49ClN4O4. The predicted molar refractivity (Wildman–Crippen MR) is 196 cm³/mol. The third-order valence-corrected chi connectivity index (χ3v) is 9.28. The lowest BCUT2D eigenvalue weighted by Gasteiger charge is -2.33. The molecule has 3 amide bonds. The van der Waals surface area contributed by atoms with Gasteiger partial charge in [-0.15, -0.1) is 0 Å². The summed E-state index contributed by atoms with van der Waals surface area (Å²) in [6.07, 6.45) is 5.55. The largest absolute Gasteiger partial charge is 0.444 e. The minimum absolute atomic E-state index is 0.131. The van der Waals surface area contributed by atoms with E-state index in [1.54, 1.807) is 0 Å². The maximum Gasteiger partial charge on any atom is 0.411 e. The van der Waals surface area contributed by atoms with Gasteiger partial charge in [0.1, 0.15) is 12.1 Å². The van der Waals surface area contributed by atoms with Crippen LogP contribution >= 0.6 is 11.6 Å². The SMILES string of the molecule is Cc1ccccc1CN(CC(=O)N[C@H](C=C1CCN(c2ccccc2CN2CCCC2=O)CC1)Cc1ccc(Cl)cc1)C(=O)OC(C)(C)C. The topological polar surface area (TPSA) is 82.2 Å². The quantitative estimate of drug-likeness (QED) is 0.212. The van der Waals surface area contributed by atoms with E-state index in [0.29, 0.717) is 24.4 Å². The van der Waals surface area contributed by atoms with E-state index in [9.17, 15) is 14.4 Å². The van der Waals surface area contributed by atoms with Gasteiger partial charge < -0.3 is 19.9 Å². The summed E-state index contributed by atoms with van der Waals surface area (Å²) < 4.78 is 5.70. The van der Waals surface area contributed by atoms with Gasteiger partial charge in [-0.1, -0.05) is 77.8 Å². The first-order chi connectivity index (χ1) is 23.4. The number of benzene rings is 3. The number of carbonyl (C=O) groups is 3. The first-order valence-corrected chi connectivity index (χ1v) is 17.7. The fourth-order valence-corrected chi connectivity index (χ4v) is 6.60. The van der Waals surface area contributed by atoms with E-state index in [1.807, 2.05) is 87.2 Å². The predicted octanol–water partition coefficient (Wildman–Crippen LogP) is 7.46. The Bertz CT molecular complexity index is 1640. The van der Waals surface area contributed by atoms with Crippen molar-refractivity contribution in [2.75, 3.05) is 31.1 Å². The Morgan fingerprint density at radius 1 is 0.939 bits per heavy atom. The molecule has 49 heavy (non-hydrogen) atoms. The van der Waals surface area contributed by atoms with Gasteiger partial charge in [-0.25, -0.2) is 4.79 Å². The Hall–Kier alpha value is -4.30. The van der Waals surface area contributed by atoms with Gasteiger partial charge in [0.2, 0.25) is 11.8 Å². The van der Waals surface area contributed by atoms with Gasteiger partial charge in [0.25, 0.3) is 0 Å². The zero-order valence-electron chi connectivity index (χ0n) is 29.2. The monoisotopic (exact) mass is 684 g/mol. The Labute approximate surface area is 296 Å². The Morgan fingerprint density at radius 2 is 1.61 bits per heavy atom. The molecular weight excluding hydrogens is 636 g/mol. The first-order valence-electron chi connectivity index (χ1n) is 17.3. The number of rotatable bonds is 11. The van der Waals surface area contributed by atoms with Crippen molar-refractivity contribution in [1.29, 1.82) is 0 Å². The summed E-state index contributed by atoms with van der Waals surface area (Å²) in [5, 5.41) is 3.88. The maximum atomic E-state index is 13.7. The molecule has 8 nitrogen and oxygen atoms in total. The van der Waals surface area contributed by atoms with Gasteiger partial charge in [0, 0.05) is 49.9 Å². The minimum atomic E-state index is -0.694. The highest BCUT2D eigenvalue weighted by Gasteiger charge is 2.27. The molecule has 2 aliphatic rings. The number of nitrogens with zero attached hydrogens (tertiary/aromatic N) is 3. The van der Waals surface area contributed by atoms with Crippen molar-refractivity contribution in [3.8, 4) is 0 Å². The van der Waals surface area contributed by atoms with Crippen LogP contribution in [0.2, 0.25) is 5.02 Å². The van der Waals surface area contributed by atoms with E-state index in [2.05, 4.69) is 34.5 Å². The number of aryl methyl sites for hydroxylation is 1. The second-order valence-electron chi connectivity index (χ2n) is 14.1. The van der Waals surface area contributed by atoms with Gasteiger partial charge in [-0.3, -0.25) is 14.5 Å². The van der Waals surface area contributed by atoms with Crippen molar-refractivity contribution in [3.05, 3.63) is 112 Å². The molecule has 2 fully saturated rings. The summed E-state index contributed by atoms with van der Waals surface area (Å²) in [5.41, 5.74) is 6.01. The highest BCUT2D eigenvalue weighted by molar-refractivity contribution is 6.30. The zero-order chi connectivity index (χ0) is 35.0. The van der Waals surface area contributed by atoms with Crippen LogP contribution in [0.1, 0.15) is 68.7 Å². The molecule has 9 heteroatoms. The van der Waals surface area contributed by atoms with Crippen LogP contribution < -0.4 is 10.2 Å². The molecule has 1 atom stereocenters. The normalized spacial score (nSPS) is 15.6. The highest BCUT2D eigenvalue weighted by Crippen LogP contribution is 2.29. The Kier molecular flexibility index (Phi) is 12.0. The summed E-state index contributed by atoms with van der Waals surface area (Å²) >= 11 is 6.17. The van der Waals surface area contributed by atoms with Crippen molar-refractivity contribution in [1.82, 2.24) is 15.1 Å². The van der Waals surface area contributed by atoms with E-state index in [4.69, 9.17) is 16.3 Å². The van der Waals surface area contributed by atoms with E-state index >= 15 is 0 Å². The zero-order valence-corrected chi connectivity index (χ0v) is 30.0. The summed E-state index contributed by atoms with van der Waals surface area (Å²) in [6, 6.07) is 23.7. The van der Waals surface area contributed by atoms with Crippen molar-refractivity contribution < 1.29 is 19.1 Å². The molecule has 0 radical (unpaired) electrons. The number of carbonyl (C=O) groups excluding carboxylic acids is 3. The molecule has 0 saturated carbocycles. The van der Waals surface area contributed by atoms with Crippen LogP contribution in [0.5, 0.6) is 0 Å². The molecule has 0 aliphatic carbocycles. The van der Waals surface area contributed by atoms with Crippen molar-refractivity contribution in [3.63, 3.8) is 0 Å². The summed E-state index contributed by atoms with van der Waals surface area (Å²) in [4.78, 5) is 45.1. The first kappa shape index (κ1) is 36.0. The highest BCUT2D eigenvalue weighted by atomic mass is 35.5. The number of amides is 3. The van der Waals surface area contributed by atoms with Crippen LogP contribution in [0.4, 0.5) is 10.5 Å². The van der Waals surface area contributed by atoms with Gasteiger partial charge >= 0.3 is 6.09 Å². The van der Waals surface area contributed by atoms with Crippen molar-refractivity contribution >= 4 is 35.2 Å². The molecule has 1 N–H and O–H groups in total. The Morgan fingerprint density at radius 3 is 2.27 bits per heavy atom. The van der Waals surface area contributed by atoms with Crippen molar-refractivity contribution in [2.24, 2.45) is 0 Å². The molecule has 260 valence electrons.